The third-order valence-electron chi connectivity index (χ3n) is 3.28. The summed E-state index contributed by atoms with van der Waals surface area (Å²) in [4.78, 5) is 23.2. The number of rotatable bonds is 4. The van der Waals surface area contributed by atoms with Crippen molar-refractivity contribution >= 4 is 22.7 Å². The van der Waals surface area contributed by atoms with E-state index >= 15 is 0 Å². The molecule has 2 nitrogen and oxygen atoms in total. The number of thioether (sulfide) groups is 1. The predicted octanol–water partition coefficient (Wildman–Crippen LogP) is 3.60. The standard InChI is InChI=1S/C15H18O2S/c16-14-8-4-7-13(9-14)10-15(17)18-11-12-5-2-1-3-6-12/h1-3,5-6,13H,4,7-11H2. The number of benzene rings is 1. The topological polar surface area (TPSA) is 34.1 Å². The molecule has 1 saturated carbocycles. The average molecular weight is 262 g/mol. The molecule has 0 bridgehead atoms. The van der Waals surface area contributed by atoms with Crippen molar-refractivity contribution in [2.75, 3.05) is 0 Å². The molecule has 1 aliphatic rings. The maximum absolute atomic E-state index is 11.8. The predicted molar refractivity (Wildman–Crippen MR) is 74.3 cm³/mol. The lowest BCUT2D eigenvalue weighted by molar-refractivity contribution is -0.122. The Morgan fingerprint density at radius 3 is 2.78 bits per heavy atom. The minimum Gasteiger partial charge on any atom is -0.300 e. The van der Waals surface area contributed by atoms with Crippen LogP contribution in [0.3, 0.4) is 0 Å². The van der Waals surface area contributed by atoms with Crippen molar-refractivity contribution in [3.8, 4) is 0 Å². The summed E-state index contributed by atoms with van der Waals surface area (Å²) in [5, 5.41) is 0.221. The number of Topliss-reactive ketones (excluding diaryl/α,β-unsaturated/α-hetero) is 1. The fourth-order valence-corrected chi connectivity index (χ4v) is 3.19. The molecule has 96 valence electrons. The zero-order valence-electron chi connectivity index (χ0n) is 10.4. The highest BCUT2D eigenvalue weighted by atomic mass is 32.2. The molecule has 2 rings (SSSR count). The lowest BCUT2D eigenvalue weighted by atomic mass is 9.86. The summed E-state index contributed by atoms with van der Waals surface area (Å²) < 4.78 is 0. The first-order valence-electron chi connectivity index (χ1n) is 6.45. The summed E-state index contributed by atoms with van der Waals surface area (Å²) in [6, 6.07) is 10.0. The van der Waals surface area contributed by atoms with E-state index in [1.807, 2.05) is 30.3 Å². The first-order valence-corrected chi connectivity index (χ1v) is 7.44. The van der Waals surface area contributed by atoms with Crippen LogP contribution >= 0.6 is 11.8 Å². The van der Waals surface area contributed by atoms with Gasteiger partial charge in [-0.1, -0.05) is 42.1 Å². The second kappa shape index (κ2) is 6.74. The van der Waals surface area contributed by atoms with Gasteiger partial charge < -0.3 is 0 Å². The van der Waals surface area contributed by atoms with Crippen LogP contribution in [0.25, 0.3) is 0 Å². The molecule has 0 aromatic heterocycles. The lowest BCUT2D eigenvalue weighted by Crippen LogP contribution is -2.17. The van der Waals surface area contributed by atoms with Gasteiger partial charge in [-0.3, -0.25) is 9.59 Å². The van der Waals surface area contributed by atoms with Gasteiger partial charge in [-0.2, -0.15) is 0 Å². The highest BCUT2D eigenvalue weighted by molar-refractivity contribution is 8.12. The summed E-state index contributed by atoms with van der Waals surface area (Å²) in [5.41, 5.74) is 1.18. The van der Waals surface area contributed by atoms with Crippen LogP contribution in [0.2, 0.25) is 0 Å². The second-order valence-corrected chi connectivity index (χ2v) is 5.88. The molecule has 1 atom stereocenters. The lowest BCUT2D eigenvalue weighted by Gasteiger charge is -2.19. The van der Waals surface area contributed by atoms with Gasteiger partial charge in [0.2, 0.25) is 0 Å². The molecule has 0 aliphatic heterocycles. The number of hydrogen-bond donors (Lipinski definition) is 0. The van der Waals surface area contributed by atoms with Gasteiger partial charge >= 0.3 is 0 Å². The fourth-order valence-electron chi connectivity index (χ4n) is 2.32. The van der Waals surface area contributed by atoms with Crippen LogP contribution in [-0.2, 0) is 15.3 Å². The van der Waals surface area contributed by atoms with Gasteiger partial charge in [0.15, 0.2) is 5.12 Å². The summed E-state index contributed by atoms with van der Waals surface area (Å²) in [5.74, 6) is 1.36. The van der Waals surface area contributed by atoms with Crippen molar-refractivity contribution in [3.05, 3.63) is 35.9 Å². The van der Waals surface area contributed by atoms with E-state index in [0.717, 1.165) is 18.6 Å². The van der Waals surface area contributed by atoms with Gasteiger partial charge in [0.25, 0.3) is 0 Å². The second-order valence-electron chi connectivity index (χ2n) is 4.85. The van der Waals surface area contributed by atoms with Crippen molar-refractivity contribution < 1.29 is 9.59 Å². The first kappa shape index (κ1) is 13.3. The third kappa shape index (κ3) is 4.30. The monoisotopic (exact) mass is 262 g/mol. The summed E-state index contributed by atoms with van der Waals surface area (Å²) in [7, 11) is 0. The highest BCUT2D eigenvalue weighted by Crippen LogP contribution is 2.27. The molecule has 1 aliphatic carbocycles. The van der Waals surface area contributed by atoms with Crippen LogP contribution in [0, 0.1) is 5.92 Å². The van der Waals surface area contributed by atoms with Crippen LogP contribution in [0.4, 0.5) is 0 Å². The number of hydrogen-bond acceptors (Lipinski definition) is 3. The van der Waals surface area contributed by atoms with Crippen LogP contribution in [-0.4, -0.2) is 10.9 Å². The van der Waals surface area contributed by atoms with Gasteiger partial charge in [0, 0.05) is 25.0 Å². The van der Waals surface area contributed by atoms with Crippen molar-refractivity contribution in [2.45, 2.75) is 37.9 Å². The molecular formula is C15H18O2S. The van der Waals surface area contributed by atoms with Gasteiger partial charge in [-0.15, -0.1) is 0 Å². The maximum Gasteiger partial charge on any atom is 0.189 e. The molecule has 0 heterocycles. The van der Waals surface area contributed by atoms with Crippen molar-refractivity contribution in [1.29, 1.82) is 0 Å². The Bertz CT molecular complexity index is 414. The highest BCUT2D eigenvalue weighted by Gasteiger charge is 2.21. The smallest absolute Gasteiger partial charge is 0.189 e. The van der Waals surface area contributed by atoms with Gasteiger partial charge in [-0.05, 0) is 24.3 Å². The number of carbonyl (C=O) groups is 2. The average Bonchev–Trinajstić information content (AvgIpc) is 2.38. The normalized spacial score (nSPS) is 19.8. The minimum atomic E-state index is 0.221. The Hall–Kier alpha value is -1.09. The Kier molecular flexibility index (Phi) is 5.00. The van der Waals surface area contributed by atoms with Crippen LogP contribution in [0.1, 0.15) is 37.7 Å². The molecule has 0 N–H and O–H groups in total. The quantitative estimate of drug-likeness (QED) is 0.831. The number of ketones is 1. The van der Waals surface area contributed by atoms with E-state index < -0.39 is 0 Å². The van der Waals surface area contributed by atoms with E-state index in [4.69, 9.17) is 0 Å². The molecule has 0 spiro atoms. The first-order chi connectivity index (χ1) is 8.74. The molecule has 1 unspecified atom stereocenters. The van der Waals surface area contributed by atoms with Crippen LogP contribution < -0.4 is 0 Å². The van der Waals surface area contributed by atoms with Crippen LogP contribution in [0.5, 0.6) is 0 Å². The van der Waals surface area contributed by atoms with Crippen molar-refractivity contribution in [1.82, 2.24) is 0 Å². The van der Waals surface area contributed by atoms with E-state index in [-0.39, 0.29) is 5.12 Å². The maximum atomic E-state index is 11.8. The molecule has 0 amide bonds. The molecule has 0 saturated heterocycles. The van der Waals surface area contributed by atoms with E-state index in [1.165, 1.54) is 17.3 Å². The molecule has 1 fully saturated rings. The molecule has 1 aromatic rings. The Morgan fingerprint density at radius 1 is 1.28 bits per heavy atom. The summed E-state index contributed by atoms with van der Waals surface area (Å²) >= 11 is 1.37. The summed E-state index contributed by atoms with van der Waals surface area (Å²) in [6.45, 7) is 0. The van der Waals surface area contributed by atoms with Gasteiger partial charge in [0.1, 0.15) is 5.78 Å². The Morgan fingerprint density at radius 2 is 2.06 bits per heavy atom. The zero-order chi connectivity index (χ0) is 12.8. The molecule has 1 aromatic carbocycles. The zero-order valence-corrected chi connectivity index (χ0v) is 11.2. The van der Waals surface area contributed by atoms with E-state index in [0.29, 0.717) is 31.0 Å². The minimum absolute atomic E-state index is 0.221. The largest absolute Gasteiger partial charge is 0.300 e. The summed E-state index contributed by atoms with van der Waals surface area (Å²) in [6.07, 6.45) is 3.87. The molecule has 18 heavy (non-hydrogen) atoms. The Balaban J connectivity index is 1.73. The molecular weight excluding hydrogens is 244 g/mol. The fraction of sp³-hybridized carbons (Fsp3) is 0.467. The molecule has 3 heteroatoms. The van der Waals surface area contributed by atoms with Gasteiger partial charge in [0.05, 0.1) is 0 Å². The molecule has 0 radical (unpaired) electrons. The van der Waals surface area contributed by atoms with E-state index in [9.17, 15) is 9.59 Å². The van der Waals surface area contributed by atoms with E-state index in [1.54, 1.807) is 0 Å². The van der Waals surface area contributed by atoms with Crippen LogP contribution in [0.15, 0.2) is 30.3 Å². The SMILES string of the molecule is O=C1CCCC(CC(=O)SCc2ccccc2)C1. The van der Waals surface area contributed by atoms with E-state index in [2.05, 4.69) is 0 Å². The number of carbonyl (C=O) groups excluding carboxylic acids is 2. The van der Waals surface area contributed by atoms with Crippen molar-refractivity contribution in [3.63, 3.8) is 0 Å². The van der Waals surface area contributed by atoms with Crippen molar-refractivity contribution in [2.24, 2.45) is 5.92 Å². The Labute approximate surface area is 112 Å². The van der Waals surface area contributed by atoms with Gasteiger partial charge in [-0.25, -0.2) is 0 Å². The third-order valence-corrected chi connectivity index (χ3v) is 4.25.